The van der Waals surface area contributed by atoms with E-state index in [1.807, 2.05) is 7.05 Å². The summed E-state index contributed by atoms with van der Waals surface area (Å²) in [4.78, 5) is 23.4. The molecule has 2 amide bonds. The minimum atomic E-state index is -0.120. The second kappa shape index (κ2) is 6.86. The zero-order chi connectivity index (χ0) is 13.7. The molecule has 1 heterocycles. The maximum absolute atomic E-state index is 11.9. The van der Waals surface area contributed by atoms with Crippen LogP contribution in [0.5, 0.6) is 0 Å². The van der Waals surface area contributed by atoms with Crippen LogP contribution in [0.2, 0.25) is 0 Å². The van der Waals surface area contributed by atoms with Crippen molar-refractivity contribution in [1.29, 1.82) is 0 Å². The van der Waals surface area contributed by atoms with E-state index in [2.05, 4.69) is 16.0 Å². The Morgan fingerprint density at radius 2 is 2.05 bits per heavy atom. The van der Waals surface area contributed by atoms with Gasteiger partial charge in [0.15, 0.2) is 0 Å². The lowest BCUT2D eigenvalue weighted by Gasteiger charge is -2.16. The summed E-state index contributed by atoms with van der Waals surface area (Å²) >= 11 is 0. The molecule has 3 N–H and O–H groups in total. The summed E-state index contributed by atoms with van der Waals surface area (Å²) in [6.07, 6.45) is 3.38. The average molecular weight is 269 g/mol. The lowest BCUT2D eigenvalue weighted by molar-refractivity contribution is -0.126. The van der Waals surface area contributed by atoms with Gasteiger partial charge in [0.2, 0.25) is 11.8 Å². The monoisotopic (exact) mass is 269 g/mol. The van der Waals surface area contributed by atoms with Gasteiger partial charge in [-0.25, -0.2) is 0 Å². The van der Waals surface area contributed by atoms with Gasteiger partial charge in [0.25, 0.3) is 0 Å². The quantitative estimate of drug-likeness (QED) is 0.539. The van der Waals surface area contributed by atoms with Crippen LogP contribution in [0.15, 0.2) is 0 Å². The summed E-state index contributed by atoms with van der Waals surface area (Å²) < 4.78 is 5.29. The second-order valence-corrected chi connectivity index (χ2v) is 5.28. The first-order valence-corrected chi connectivity index (χ1v) is 7.03. The maximum atomic E-state index is 11.9. The number of rotatable bonds is 7. The highest BCUT2D eigenvalue weighted by Crippen LogP contribution is 2.18. The number of carbonyl (C=O) groups excluding carboxylic acids is 2. The van der Waals surface area contributed by atoms with E-state index < -0.39 is 0 Å². The zero-order valence-electron chi connectivity index (χ0n) is 11.4. The zero-order valence-corrected chi connectivity index (χ0v) is 11.4. The first kappa shape index (κ1) is 14.3. The summed E-state index contributed by atoms with van der Waals surface area (Å²) in [7, 11) is 1.84. The number of carbonyl (C=O) groups is 2. The van der Waals surface area contributed by atoms with E-state index in [0.29, 0.717) is 38.6 Å². The standard InChI is InChI=1S/C13H23N3O3/c1-14-11-8-19-7-10(11)13(18)15-6-2-3-12(17)16-9-4-5-9/h9-11,14H,2-8H2,1H3,(H,15,18)(H,16,17). The number of likely N-dealkylation sites (N-methyl/N-ethyl adjacent to an activating group) is 1. The molecule has 0 bridgehead atoms. The Hall–Kier alpha value is -1.14. The first-order chi connectivity index (χ1) is 9.20. The van der Waals surface area contributed by atoms with E-state index >= 15 is 0 Å². The highest BCUT2D eigenvalue weighted by Gasteiger charge is 2.32. The Bertz CT molecular complexity index is 331. The highest BCUT2D eigenvalue weighted by atomic mass is 16.5. The average Bonchev–Trinajstić information content (AvgIpc) is 3.08. The van der Waals surface area contributed by atoms with E-state index in [1.54, 1.807) is 0 Å². The molecule has 6 nitrogen and oxygen atoms in total. The van der Waals surface area contributed by atoms with Crippen LogP contribution in [0.25, 0.3) is 0 Å². The van der Waals surface area contributed by atoms with Gasteiger partial charge in [-0.05, 0) is 26.3 Å². The van der Waals surface area contributed by atoms with Gasteiger partial charge in [0.1, 0.15) is 0 Å². The van der Waals surface area contributed by atoms with E-state index in [4.69, 9.17) is 4.74 Å². The Morgan fingerprint density at radius 1 is 1.26 bits per heavy atom. The van der Waals surface area contributed by atoms with Gasteiger partial charge in [-0.15, -0.1) is 0 Å². The predicted molar refractivity (Wildman–Crippen MR) is 70.6 cm³/mol. The van der Waals surface area contributed by atoms with E-state index in [-0.39, 0.29) is 23.8 Å². The maximum Gasteiger partial charge on any atom is 0.227 e. The number of amides is 2. The Kier molecular flexibility index (Phi) is 5.15. The van der Waals surface area contributed by atoms with Crippen LogP contribution in [0, 0.1) is 5.92 Å². The van der Waals surface area contributed by atoms with Crippen LogP contribution in [-0.2, 0) is 14.3 Å². The summed E-state index contributed by atoms with van der Waals surface area (Å²) in [5.74, 6) is -0.0150. The van der Waals surface area contributed by atoms with Crippen molar-refractivity contribution in [2.75, 3.05) is 26.8 Å². The Labute approximate surface area is 113 Å². The van der Waals surface area contributed by atoms with Crippen LogP contribution < -0.4 is 16.0 Å². The Balaban J connectivity index is 1.56. The Morgan fingerprint density at radius 3 is 2.74 bits per heavy atom. The molecule has 19 heavy (non-hydrogen) atoms. The molecular formula is C13H23N3O3. The van der Waals surface area contributed by atoms with Crippen LogP contribution in [0.1, 0.15) is 25.7 Å². The molecule has 1 saturated heterocycles. The normalized spacial score (nSPS) is 26.2. The molecule has 2 unspecified atom stereocenters. The smallest absolute Gasteiger partial charge is 0.227 e. The van der Waals surface area contributed by atoms with Crippen molar-refractivity contribution in [3.05, 3.63) is 0 Å². The number of nitrogens with one attached hydrogen (secondary N) is 3. The molecule has 2 aliphatic rings. The van der Waals surface area contributed by atoms with Gasteiger partial charge >= 0.3 is 0 Å². The van der Waals surface area contributed by atoms with Crippen molar-refractivity contribution >= 4 is 11.8 Å². The minimum Gasteiger partial charge on any atom is -0.379 e. The van der Waals surface area contributed by atoms with Crippen LogP contribution in [-0.4, -0.2) is 50.7 Å². The fraction of sp³-hybridized carbons (Fsp3) is 0.846. The van der Waals surface area contributed by atoms with Gasteiger partial charge in [0.05, 0.1) is 19.1 Å². The first-order valence-electron chi connectivity index (χ1n) is 7.03. The van der Waals surface area contributed by atoms with Crippen molar-refractivity contribution in [3.8, 4) is 0 Å². The minimum absolute atomic E-state index is 0.0134. The van der Waals surface area contributed by atoms with Gasteiger partial charge in [0, 0.05) is 25.0 Å². The van der Waals surface area contributed by atoms with E-state index in [0.717, 1.165) is 12.8 Å². The molecule has 0 spiro atoms. The molecule has 0 aromatic heterocycles. The van der Waals surface area contributed by atoms with Crippen molar-refractivity contribution in [3.63, 3.8) is 0 Å². The van der Waals surface area contributed by atoms with Gasteiger partial charge in [-0.2, -0.15) is 0 Å². The SMILES string of the molecule is CNC1COCC1C(=O)NCCCC(=O)NC1CC1. The lowest BCUT2D eigenvalue weighted by Crippen LogP contribution is -2.43. The third-order valence-electron chi connectivity index (χ3n) is 3.61. The molecule has 2 atom stereocenters. The van der Waals surface area contributed by atoms with Crippen molar-refractivity contribution in [2.24, 2.45) is 5.92 Å². The second-order valence-electron chi connectivity index (χ2n) is 5.28. The molecule has 1 aliphatic carbocycles. The number of hydrogen-bond acceptors (Lipinski definition) is 4. The largest absolute Gasteiger partial charge is 0.379 e. The molecule has 0 aromatic carbocycles. The van der Waals surface area contributed by atoms with Gasteiger partial charge in [-0.3, -0.25) is 9.59 Å². The third kappa shape index (κ3) is 4.47. The molecule has 1 saturated carbocycles. The molecule has 2 fully saturated rings. The number of ether oxygens (including phenoxy) is 1. The van der Waals surface area contributed by atoms with E-state index in [9.17, 15) is 9.59 Å². The molecule has 2 rings (SSSR count). The molecule has 1 aliphatic heterocycles. The van der Waals surface area contributed by atoms with Crippen molar-refractivity contribution < 1.29 is 14.3 Å². The number of hydrogen-bond donors (Lipinski definition) is 3. The molecule has 0 radical (unpaired) electrons. The van der Waals surface area contributed by atoms with Gasteiger partial charge in [-0.1, -0.05) is 0 Å². The van der Waals surface area contributed by atoms with E-state index in [1.165, 1.54) is 0 Å². The summed E-state index contributed by atoms with van der Waals surface area (Å²) in [5.41, 5.74) is 0. The van der Waals surface area contributed by atoms with Crippen LogP contribution in [0.4, 0.5) is 0 Å². The predicted octanol–water partition coefficient (Wildman–Crippen LogP) is -0.604. The highest BCUT2D eigenvalue weighted by molar-refractivity contribution is 5.80. The molecule has 0 aromatic rings. The van der Waals surface area contributed by atoms with Crippen LogP contribution >= 0.6 is 0 Å². The fourth-order valence-electron chi connectivity index (χ4n) is 2.22. The fourth-order valence-corrected chi connectivity index (χ4v) is 2.22. The van der Waals surface area contributed by atoms with Crippen LogP contribution in [0.3, 0.4) is 0 Å². The lowest BCUT2D eigenvalue weighted by atomic mass is 10.0. The summed E-state index contributed by atoms with van der Waals surface area (Å²) in [5, 5.41) is 8.89. The molecular weight excluding hydrogens is 246 g/mol. The molecule has 6 heteroatoms. The third-order valence-corrected chi connectivity index (χ3v) is 3.61. The summed E-state index contributed by atoms with van der Waals surface area (Å²) in [6, 6.07) is 0.507. The van der Waals surface area contributed by atoms with Crippen molar-refractivity contribution in [1.82, 2.24) is 16.0 Å². The summed E-state index contributed by atoms with van der Waals surface area (Å²) in [6.45, 7) is 1.60. The molecule has 108 valence electrons. The van der Waals surface area contributed by atoms with Gasteiger partial charge < -0.3 is 20.7 Å². The van der Waals surface area contributed by atoms with Crippen molar-refractivity contribution in [2.45, 2.75) is 37.8 Å². The topological polar surface area (TPSA) is 79.5 Å².